The Morgan fingerprint density at radius 2 is 1.84 bits per heavy atom. The Balaban J connectivity index is 1.51. The Labute approximate surface area is 228 Å². The Morgan fingerprint density at radius 1 is 1.13 bits per heavy atom. The van der Waals surface area contributed by atoms with Crippen molar-refractivity contribution < 1.29 is 14.3 Å². The molecule has 1 N–H and O–H groups in total. The Bertz CT molecular complexity index is 1360. The van der Waals surface area contributed by atoms with Gasteiger partial charge < -0.3 is 10.1 Å². The molecule has 2 saturated heterocycles. The van der Waals surface area contributed by atoms with Crippen LogP contribution in [-0.4, -0.2) is 56.1 Å². The van der Waals surface area contributed by atoms with Crippen molar-refractivity contribution in [3.63, 3.8) is 0 Å². The second-order valence-corrected chi connectivity index (χ2v) is 11.6. The number of ether oxygens (including phenoxy) is 1. The fourth-order valence-electron chi connectivity index (χ4n) is 6.05. The lowest BCUT2D eigenvalue weighted by atomic mass is 9.91. The molecular formula is C29H36ClN5O3. The molecule has 0 spiro atoms. The number of amides is 2. The molecule has 9 heteroatoms. The number of nitrogens with one attached hydrogen (secondary N) is 1. The molecule has 2 aliphatic heterocycles. The number of aromatic nitrogens is 3. The van der Waals surface area contributed by atoms with Crippen molar-refractivity contribution in [1.29, 1.82) is 0 Å². The van der Waals surface area contributed by atoms with Crippen LogP contribution in [0.15, 0.2) is 30.7 Å². The van der Waals surface area contributed by atoms with Crippen LogP contribution in [0.25, 0.3) is 16.8 Å². The van der Waals surface area contributed by atoms with Gasteiger partial charge in [-0.3, -0.25) is 14.5 Å². The molecule has 0 radical (unpaired) electrons. The van der Waals surface area contributed by atoms with Crippen LogP contribution in [-0.2, 0) is 27.3 Å². The van der Waals surface area contributed by atoms with Crippen molar-refractivity contribution in [1.82, 2.24) is 24.8 Å². The summed E-state index contributed by atoms with van der Waals surface area (Å²) in [4.78, 5) is 32.1. The van der Waals surface area contributed by atoms with E-state index in [4.69, 9.17) is 16.3 Å². The summed E-state index contributed by atoms with van der Waals surface area (Å²) in [7, 11) is 0. The zero-order valence-corrected chi connectivity index (χ0v) is 23.5. The van der Waals surface area contributed by atoms with Gasteiger partial charge >= 0.3 is 0 Å². The Hall–Kier alpha value is -2.81. The zero-order valence-electron chi connectivity index (χ0n) is 22.8. The van der Waals surface area contributed by atoms with E-state index in [0.29, 0.717) is 24.3 Å². The zero-order chi connectivity index (χ0) is 27.2. The number of aryl methyl sites for hydroxylation is 1. The standard InChI is InChI=1S/C29H36ClN5O3/c1-6-21-22(7-2)28(37)34(27(21)36)13-18-9-25-26(32-16-33-35(25)14-18)24-10-19(30)8-17(3)23(24)11-20-12-31-15-29(4,5)38-20/h8-10,14,16,20-22,31H,6-7,11-13,15H2,1-5H3. The van der Waals surface area contributed by atoms with Gasteiger partial charge in [0.1, 0.15) is 6.33 Å². The molecule has 0 bridgehead atoms. The number of hydrogen-bond acceptors (Lipinski definition) is 6. The first-order valence-corrected chi connectivity index (χ1v) is 13.8. The minimum Gasteiger partial charge on any atom is -0.369 e. The number of rotatable bonds is 7. The predicted molar refractivity (Wildman–Crippen MR) is 147 cm³/mol. The molecular weight excluding hydrogens is 502 g/mol. The molecule has 3 aromatic rings. The molecule has 8 nitrogen and oxygen atoms in total. The van der Waals surface area contributed by atoms with E-state index < -0.39 is 0 Å². The predicted octanol–water partition coefficient (Wildman–Crippen LogP) is 4.59. The van der Waals surface area contributed by atoms with Crippen LogP contribution in [0.3, 0.4) is 0 Å². The molecule has 38 heavy (non-hydrogen) atoms. The number of benzene rings is 1. The first kappa shape index (κ1) is 26.8. The molecule has 0 saturated carbocycles. The summed E-state index contributed by atoms with van der Waals surface area (Å²) in [5.74, 6) is -0.637. The molecule has 4 heterocycles. The van der Waals surface area contributed by atoms with E-state index in [0.717, 1.165) is 46.6 Å². The van der Waals surface area contributed by atoms with E-state index in [1.807, 2.05) is 38.2 Å². The Kier molecular flexibility index (Phi) is 7.33. The molecule has 2 amide bonds. The van der Waals surface area contributed by atoms with Crippen molar-refractivity contribution in [3.05, 3.63) is 52.4 Å². The fourth-order valence-corrected chi connectivity index (χ4v) is 6.33. The normalized spacial score (nSPS) is 23.5. The molecule has 2 fully saturated rings. The number of halogens is 1. The number of imide groups is 1. The molecule has 1 aromatic carbocycles. The van der Waals surface area contributed by atoms with Gasteiger partial charge in [-0.1, -0.05) is 25.4 Å². The van der Waals surface area contributed by atoms with Gasteiger partial charge in [-0.15, -0.1) is 0 Å². The van der Waals surface area contributed by atoms with Gasteiger partial charge in [0, 0.05) is 48.1 Å². The first-order chi connectivity index (χ1) is 18.1. The van der Waals surface area contributed by atoms with Crippen LogP contribution >= 0.6 is 11.6 Å². The SMILES string of the molecule is CCC1C(=O)N(Cc2cc3c(-c4cc(Cl)cc(C)c4CC4CNCC(C)(C)O4)ncnn3c2)C(=O)C1CC. The summed E-state index contributed by atoms with van der Waals surface area (Å²) < 4.78 is 8.14. The smallest absolute Gasteiger partial charge is 0.233 e. The van der Waals surface area contributed by atoms with Gasteiger partial charge in [-0.05, 0) is 68.5 Å². The maximum atomic E-state index is 13.0. The molecule has 5 rings (SSSR count). The van der Waals surface area contributed by atoms with Crippen LogP contribution in [0.2, 0.25) is 5.02 Å². The van der Waals surface area contributed by atoms with Gasteiger partial charge in [0.05, 0.1) is 29.5 Å². The third-order valence-corrected chi connectivity index (χ3v) is 8.09. The number of fused-ring (bicyclic) bond motifs is 1. The van der Waals surface area contributed by atoms with E-state index >= 15 is 0 Å². The lowest BCUT2D eigenvalue weighted by Gasteiger charge is -2.37. The summed E-state index contributed by atoms with van der Waals surface area (Å²) in [6.07, 6.45) is 5.46. The summed E-state index contributed by atoms with van der Waals surface area (Å²) >= 11 is 6.54. The van der Waals surface area contributed by atoms with E-state index in [9.17, 15) is 9.59 Å². The second kappa shape index (κ2) is 10.4. The average Bonchev–Trinajstić information content (AvgIpc) is 3.38. The van der Waals surface area contributed by atoms with Crippen molar-refractivity contribution in [2.24, 2.45) is 11.8 Å². The number of nitrogens with zero attached hydrogens (tertiary/aromatic N) is 4. The van der Waals surface area contributed by atoms with E-state index in [1.54, 1.807) is 4.52 Å². The number of carbonyl (C=O) groups is 2. The van der Waals surface area contributed by atoms with Crippen molar-refractivity contribution >= 4 is 28.9 Å². The van der Waals surface area contributed by atoms with Gasteiger partial charge in [-0.25, -0.2) is 9.50 Å². The molecule has 2 aliphatic rings. The summed E-state index contributed by atoms with van der Waals surface area (Å²) in [6.45, 7) is 12.0. The van der Waals surface area contributed by atoms with Crippen LogP contribution in [0.1, 0.15) is 57.2 Å². The molecule has 0 aliphatic carbocycles. The highest BCUT2D eigenvalue weighted by atomic mass is 35.5. The van der Waals surface area contributed by atoms with Crippen LogP contribution < -0.4 is 5.32 Å². The second-order valence-electron chi connectivity index (χ2n) is 11.2. The summed E-state index contributed by atoms with van der Waals surface area (Å²) in [6, 6.07) is 5.89. The highest BCUT2D eigenvalue weighted by Crippen LogP contribution is 2.35. The molecule has 202 valence electrons. The number of likely N-dealkylation sites (tertiary alicyclic amines) is 1. The maximum absolute atomic E-state index is 13.0. The minimum absolute atomic E-state index is 0.0165. The molecule has 2 aromatic heterocycles. The lowest BCUT2D eigenvalue weighted by molar-refractivity contribution is -0.140. The van der Waals surface area contributed by atoms with E-state index in [-0.39, 0.29) is 41.9 Å². The largest absolute Gasteiger partial charge is 0.369 e. The Morgan fingerprint density at radius 3 is 2.50 bits per heavy atom. The quantitative estimate of drug-likeness (QED) is 0.443. The van der Waals surface area contributed by atoms with Crippen LogP contribution in [0, 0.1) is 18.8 Å². The van der Waals surface area contributed by atoms with Crippen LogP contribution in [0.4, 0.5) is 0 Å². The highest BCUT2D eigenvalue weighted by molar-refractivity contribution is 6.31. The number of carbonyl (C=O) groups excluding carboxylic acids is 2. The van der Waals surface area contributed by atoms with Gasteiger partial charge in [-0.2, -0.15) is 5.10 Å². The van der Waals surface area contributed by atoms with Gasteiger partial charge in [0.15, 0.2) is 0 Å². The van der Waals surface area contributed by atoms with Crippen molar-refractivity contribution in [2.45, 2.75) is 72.1 Å². The molecule has 3 unspecified atom stereocenters. The number of morpholine rings is 1. The fraction of sp³-hybridized carbons (Fsp3) is 0.517. The average molecular weight is 538 g/mol. The first-order valence-electron chi connectivity index (χ1n) is 13.5. The van der Waals surface area contributed by atoms with E-state index in [2.05, 4.69) is 36.2 Å². The number of hydrogen-bond donors (Lipinski definition) is 1. The monoisotopic (exact) mass is 537 g/mol. The topological polar surface area (TPSA) is 88.8 Å². The van der Waals surface area contributed by atoms with Crippen molar-refractivity contribution in [3.8, 4) is 11.3 Å². The summed E-state index contributed by atoms with van der Waals surface area (Å²) in [5.41, 5.74) is 5.29. The third-order valence-electron chi connectivity index (χ3n) is 7.87. The summed E-state index contributed by atoms with van der Waals surface area (Å²) in [5, 5.41) is 8.54. The van der Waals surface area contributed by atoms with Gasteiger partial charge in [0.2, 0.25) is 11.8 Å². The highest BCUT2D eigenvalue weighted by Gasteiger charge is 2.45. The van der Waals surface area contributed by atoms with Crippen molar-refractivity contribution in [2.75, 3.05) is 13.1 Å². The van der Waals surface area contributed by atoms with Gasteiger partial charge in [0.25, 0.3) is 0 Å². The lowest BCUT2D eigenvalue weighted by Crippen LogP contribution is -2.51. The molecule has 3 atom stereocenters. The van der Waals surface area contributed by atoms with Crippen LogP contribution in [0.5, 0.6) is 0 Å². The minimum atomic E-state index is -0.238. The van der Waals surface area contributed by atoms with E-state index in [1.165, 1.54) is 11.2 Å². The third kappa shape index (κ3) is 4.97. The maximum Gasteiger partial charge on any atom is 0.233 e.